The Labute approximate surface area is 266 Å². The molecule has 0 saturated carbocycles. The van der Waals surface area contributed by atoms with E-state index in [2.05, 4.69) is 0 Å². The zero-order valence-electron chi connectivity index (χ0n) is 24.9. The summed E-state index contributed by atoms with van der Waals surface area (Å²) in [5.74, 6) is -3.17. The quantitative estimate of drug-likeness (QED) is 0.0723. The van der Waals surface area contributed by atoms with Crippen molar-refractivity contribution in [1.82, 2.24) is 0 Å². The van der Waals surface area contributed by atoms with Crippen LogP contribution in [0.25, 0.3) is 6.08 Å². The van der Waals surface area contributed by atoms with E-state index in [0.717, 1.165) is 6.08 Å². The van der Waals surface area contributed by atoms with Gasteiger partial charge in [-0.2, -0.15) is 0 Å². The lowest BCUT2D eigenvalue weighted by molar-refractivity contribution is -0.383. The minimum Gasteiger partial charge on any atom is -0.493 e. The van der Waals surface area contributed by atoms with Crippen molar-refractivity contribution in [3.63, 3.8) is 0 Å². The van der Waals surface area contributed by atoms with Gasteiger partial charge in [0.15, 0.2) is 17.8 Å². The van der Waals surface area contributed by atoms with E-state index in [1.54, 1.807) is 0 Å². The molecule has 3 fully saturated rings. The smallest absolute Gasteiger partial charge is 0.330 e. The summed E-state index contributed by atoms with van der Waals surface area (Å²) in [5, 5.41) is 110. The van der Waals surface area contributed by atoms with Crippen molar-refractivity contribution in [3.8, 4) is 11.5 Å². The predicted molar refractivity (Wildman–Crippen MR) is 149 cm³/mol. The molecular formula is C28H40O19. The molecule has 11 N–H and O–H groups in total. The molecule has 0 amide bonds. The maximum Gasteiger partial charge on any atom is 0.330 e. The number of benzene rings is 1. The van der Waals surface area contributed by atoms with Crippen molar-refractivity contribution in [2.45, 2.75) is 85.5 Å². The van der Waals surface area contributed by atoms with Crippen LogP contribution in [-0.4, -0.2) is 181 Å². The number of esters is 1. The SMILES string of the molecule is COc1cc(/C=C/C(=O)OC[C@H]2O[C@@](CO)(O[C@H]3O[C@H](CO)[C@@H](O)[C@H](O)[C@H]3O)[C@@H](O)[C@@H]2O)ccc1O[C@@H]1O[C@H](CO)[C@@H](O)[C@H](O)[C@H]1O. The van der Waals surface area contributed by atoms with Gasteiger partial charge in [0.2, 0.25) is 12.1 Å². The van der Waals surface area contributed by atoms with Gasteiger partial charge < -0.3 is 89.3 Å². The maximum atomic E-state index is 12.4. The average molecular weight is 681 g/mol. The van der Waals surface area contributed by atoms with Crippen molar-refractivity contribution in [1.29, 1.82) is 0 Å². The molecule has 0 spiro atoms. The maximum absolute atomic E-state index is 12.4. The Morgan fingerprint density at radius 2 is 1.38 bits per heavy atom. The van der Waals surface area contributed by atoms with Gasteiger partial charge in [-0.25, -0.2) is 4.79 Å². The van der Waals surface area contributed by atoms with E-state index in [1.807, 2.05) is 0 Å². The monoisotopic (exact) mass is 680 g/mol. The number of aliphatic hydroxyl groups excluding tert-OH is 11. The van der Waals surface area contributed by atoms with E-state index in [-0.39, 0.29) is 11.5 Å². The van der Waals surface area contributed by atoms with Gasteiger partial charge in [-0.05, 0) is 23.8 Å². The van der Waals surface area contributed by atoms with Crippen molar-refractivity contribution < 1.29 is 94.1 Å². The summed E-state index contributed by atoms with van der Waals surface area (Å²) in [6.07, 6.45) is -19.0. The van der Waals surface area contributed by atoms with E-state index < -0.39 is 118 Å². The van der Waals surface area contributed by atoms with Crippen molar-refractivity contribution in [3.05, 3.63) is 29.8 Å². The van der Waals surface area contributed by atoms with Crippen LogP contribution >= 0.6 is 0 Å². The molecule has 0 aromatic heterocycles. The van der Waals surface area contributed by atoms with Crippen LogP contribution in [0.4, 0.5) is 0 Å². The number of rotatable bonds is 12. The first-order chi connectivity index (χ1) is 22.3. The molecule has 19 nitrogen and oxygen atoms in total. The highest BCUT2D eigenvalue weighted by atomic mass is 16.8. The van der Waals surface area contributed by atoms with Crippen LogP contribution in [0, 0.1) is 0 Å². The summed E-state index contributed by atoms with van der Waals surface area (Å²) >= 11 is 0. The molecule has 3 saturated heterocycles. The molecule has 3 aliphatic rings. The number of carbonyl (C=O) groups excluding carboxylic acids is 1. The molecule has 1 aromatic carbocycles. The van der Waals surface area contributed by atoms with Crippen LogP contribution in [0.1, 0.15) is 5.56 Å². The molecule has 3 aliphatic heterocycles. The Bertz CT molecular complexity index is 1210. The number of methoxy groups -OCH3 is 1. The summed E-state index contributed by atoms with van der Waals surface area (Å²) in [7, 11) is 1.31. The lowest BCUT2D eigenvalue weighted by Crippen LogP contribution is -2.62. The summed E-state index contributed by atoms with van der Waals surface area (Å²) in [6, 6.07) is 4.33. The highest BCUT2D eigenvalue weighted by Crippen LogP contribution is 2.36. The average Bonchev–Trinajstić information content (AvgIpc) is 3.31. The van der Waals surface area contributed by atoms with Crippen molar-refractivity contribution >= 4 is 12.0 Å². The molecule has 4 rings (SSSR count). The van der Waals surface area contributed by atoms with Gasteiger partial charge in [-0.1, -0.05) is 6.07 Å². The number of ether oxygens (including phenoxy) is 7. The molecule has 266 valence electrons. The zero-order valence-corrected chi connectivity index (χ0v) is 24.9. The molecule has 1 aromatic rings. The van der Waals surface area contributed by atoms with Crippen LogP contribution in [-0.2, 0) is 28.5 Å². The largest absolute Gasteiger partial charge is 0.493 e. The van der Waals surface area contributed by atoms with E-state index in [1.165, 1.54) is 31.4 Å². The van der Waals surface area contributed by atoms with Crippen molar-refractivity contribution in [2.24, 2.45) is 0 Å². The van der Waals surface area contributed by atoms with Crippen LogP contribution in [0.3, 0.4) is 0 Å². The van der Waals surface area contributed by atoms with Gasteiger partial charge in [-0.3, -0.25) is 0 Å². The third kappa shape index (κ3) is 7.85. The molecular weight excluding hydrogens is 640 g/mol. The molecule has 47 heavy (non-hydrogen) atoms. The lowest BCUT2D eigenvalue weighted by Gasteiger charge is -2.43. The van der Waals surface area contributed by atoms with Crippen molar-refractivity contribution in [2.75, 3.05) is 33.5 Å². The highest BCUT2D eigenvalue weighted by Gasteiger charge is 2.58. The zero-order chi connectivity index (χ0) is 34.6. The lowest BCUT2D eigenvalue weighted by atomic mass is 9.99. The van der Waals surface area contributed by atoms with Crippen LogP contribution in [0.2, 0.25) is 0 Å². The van der Waals surface area contributed by atoms with Crippen LogP contribution in [0.15, 0.2) is 24.3 Å². The second-order valence-corrected chi connectivity index (χ2v) is 11.1. The summed E-state index contributed by atoms with van der Waals surface area (Å²) < 4.78 is 37.4. The molecule has 0 unspecified atom stereocenters. The Morgan fingerprint density at radius 1 is 0.787 bits per heavy atom. The summed E-state index contributed by atoms with van der Waals surface area (Å²) in [6.45, 7) is -3.16. The minimum absolute atomic E-state index is 0.0563. The third-order valence-electron chi connectivity index (χ3n) is 7.97. The fraction of sp³-hybridized carbons (Fsp3) is 0.679. The first-order valence-corrected chi connectivity index (χ1v) is 14.4. The Kier molecular flexibility index (Phi) is 12.5. The number of hydrogen-bond acceptors (Lipinski definition) is 19. The van der Waals surface area contributed by atoms with Crippen LogP contribution in [0.5, 0.6) is 11.5 Å². The molecule has 19 heteroatoms. The van der Waals surface area contributed by atoms with E-state index in [4.69, 9.17) is 33.2 Å². The van der Waals surface area contributed by atoms with Gasteiger partial charge in [-0.15, -0.1) is 0 Å². The van der Waals surface area contributed by atoms with Gasteiger partial charge in [0, 0.05) is 6.08 Å². The third-order valence-corrected chi connectivity index (χ3v) is 7.97. The molecule has 0 bridgehead atoms. The minimum atomic E-state index is -2.42. The molecule has 0 aliphatic carbocycles. The highest BCUT2D eigenvalue weighted by molar-refractivity contribution is 5.87. The van der Waals surface area contributed by atoms with E-state index in [9.17, 15) is 61.0 Å². The Morgan fingerprint density at radius 3 is 1.96 bits per heavy atom. The van der Waals surface area contributed by atoms with Gasteiger partial charge in [0.25, 0.3) is 0 Å². The number of carbonyl (C=O) groups is 1. The van der Waals surface area contributed by atoms with E-state index in [0.29, 0.717) is 5.56 Å². The fourth-order valence-electron chi connectivity index (χ4n) is 5.17. The second-order valence-electron chi connectivity index (χ2n) is 11.1. The fourth-order valence-corrected chi connectivity index (χ4v) is 5.17. The Hall–Kier alpha value is -2.57. The molecule has 0 radical (unpaired) electrons. The first kappa shape index (κ1) is 37.3. The van der Waals surface area contributed by atoms with E-state index >= 15 is 0 Å². The standard InChI is InChI=1S/C28H40O19/c1-41-13-6-11(2-4-12(13)43-26-23(38)21(36)18(33)14(7-29)44-26)3-5-17(32)42-9-16-20(35)25(40)28(10-31,46-16)47-27-24(39)22(37)19(34)15(8-30)45-27/h2-6,14-16,18-27,29-31,33-40H,7-10H2,1H3/b5-3+/t14-,15-,16-,18-,19-,20-,21+,22+,23-,24-,25+,26-,27-,28+/m1/s1. The normalized spacial score (nSPS) is 40.8. The topological polar surface area (TPSA) is 304 Å². The van der Waals surface area contributed by atoms with Gasteiger partial charge in [0.1, 0.15) is 80.4 Å². The van der Waals surface area contributed by atoms with Crippen LogP contribution < -0.4 is 9.47 Å². The summed E-state index contributed by atoms with van der Waals surface area (Å²) in [4.78, 5) is 12.4. The first-order valence-electron chi connectivity index (χ1n) is 14.4. The summed E-state index contributed by atoms with van der Waals surface area (Å²) in [5.41, 5.74) is 0.403. The molecule has 14 atom stereocenters. The Balaban J connectivity index is 1.35. The number of aliphatic hydroxyl groups is 11. The van der Waals surface area contributed by atoms with Gasteiger partial charge in [0.05, 0.1) is 20.3 Å². The number of hydrogen-bond donors (Lipinski definition) is 11. The second kappa shape index (κ2) is 15.8. The predicted octanol–water partition coefficient (Wildman–Crippen LogP) is -5.94. The molecule has 3 heterocycles. The van der Waals surface area contributed by atoms with Gasteiger partial charge >= 0.3 is 5.97 Å².